The van der Waals surface area contributed by atoms with Gasteiger partial charge in [0.05, 0.1) is 0 Å². The Morgan fingerprint density at radius 1 is 1.13 bits per heavy atom. The van der Waals surface area contributed by atoms with Gasteiger partial charge < -0.3 is 0 Å². The standard InChI is InChI=1S/C9H19I2N2S2/c1-6(11(4)5)9(13-15)8(10-3)7(2)12-14/h12-15H,1-5H3/q-1/b8-7-,9-6-. The summed E-state index contributed by atoms with van der Waals surface area (Å²) in [5.41, 5.74) is 2.37. The molecule has 0 atom stereocenters. The molecule has 0 aromatic rings. The van der Waals surface area contributed by atoms with Crippen LogP contribution in [0.4, 0.5) is 0 Å². The van der Waals surface area contributed by atoms with Crippen molar-refractivity contribution in [2.24, 2.45) is 0 Å². The minimum absolute atomic E-state index is 0.0132. The molecule has 92 valence electrons. The van der Waals surface area contributed by atoms with Crippen molar-refractivity contribution in [2.45, 2.75) is 13.8 Å². The van der Waals surface area contributed by atoms with Crippen LogP contribution in [0.25, 0.3) is 0 Å². The minimum atomic E-state index is -0.929. The number of thiol groups is 2. The van der Waals surface area contributed by atoms with Crippen molar-refractivity contribution in [1.82, 2.24) is 9.44 Å². The van der Waals surface area contributed by atoms with E-state index in [-0.39, 0.29) is 21.2 Å². The average molecular weight is 473 g/mol. The Labute approximate surface area is 122 Å². The molecule has 0 rings (SSSR count). The summed E-state index contributed by atoms with van der Waals surface area (Å²) >= 11 is 7.42. The summed E-state index contributed by atoms with van der Waals surface area (Å²) in [4.78, 5) is 6.95. The molecule has 2 nitrogen and oxygen atoms in total. The predicted molar refractivity (Wildman–Crippen MR) is 81.4 cm³/mol. The van der Waals surface area contributed by atoms with Crippen molar-refractivity contribution in [3.8, 4) is 0 Å². The molecule has 0 amide bonds. The van der Waals surface area contributed by atoms with Crippen LogP contribution in [0.5, 0.6) is 0 Å². The molecule has 0 saturated heterocycles. The fourth-order valence-corrected chi connectivity index (χ4v) is 5.99. The predicted octanol–water partition coefficient (Wildman–Crippen LogP) is -0.197. The Kier molecular flexibility index (Phi) is 9.04. The molecule has 6 heteroatoms. The SMILES string of the molecule is C[I-]C(=C(/C)NS)/C(NS)=C(\C)I(C)C. The molecule has 0 saturated carbocycles. The zero-order valence-electron chi connectivity index (χ0n) is 9.65. The molecule has 0 fully saturated rings. The van der Waals surface area contributed by atoms with Crippen molar-refractivity contribution in [1.29, 1.82) is 0 Å². The molecule has 2 N–H and O–H groups in total. The summed E-state index contributed by atoms with van der Waals surface area (Å²) in [5.74, 6) is 0. The first-order valence-corrected chi connectivity index (χ1v) is 13.7. The molecule has 0 aliphatic heterocycles. The summed E-state index contributed by atoms with van der Waals surface area (Å²) in [7, 11) is 0. The molecule has 0 aromatic carbocycles. The zero-order chi connectivity index (χ0) is 12.0. The number of rotatable bonds is 5. The second kappa shape index (κ2) is 8.35. The van der Waals surface area contributed by atoms with E-state index < -0.39 is 19.8 Å². The van der Waals surface area contributed by atoms with Gasteiger partial charge >= 0.3 is 123 Å². The Hall–Kier alpha value is 1.24. The van der Waals surface area contributed by atoms with Gasteiger partial charge in [0.1, 0.15) is 0 Å². The van der Waals surface area contributed by atoms with E-state index in [1.165, 1.54) is 12.9 Å². The number of nitrogens with one attached hydrogen (secondary N) is 2. The van der Waals surface area contributed by atoms with Crippen LogP contribution in [0.2, 0.25) is 0 Å². The van der Waals surface area contributed by atoms with E-state index in [4.69, 9.17) is 0 Å². The fourth-order valence-electron chi connectivity index (χ4n) is 0.939. The second-order valence-electron chi connectivity index (χ2n) is 3.02. The summed E-state index contributed by atoms with van der Waals surface area (Å²) < 4.78 is 8.86. The van der Waals surface area contributed by atoms with E-state index >= 15 is 0 Å². The third-order valence-electron chi connectivity index (χ3n) is 1.93. The van der Waals surface area contributed by atoms with Gasteiger partial charge in [-0.2, -0.15) is 0 Å². The normalized spacial score (nSPS) is 15.5. The number of hydrogen-bond donors (Lipinski definition) is 4. The van der Waals surface area contributed by atoms with Crippen LogP contribution in [0.3, 0.4) is 0 Å². The quantitative estimate of drug-likeness (QED) is 0.193. The van der Waals surface area contributed by atoms with Crippen LogP contribution in [0, 0.1) is 0 Å². The maximum atomic E-state index is 4.22. The van der Waals surface area contributed by atoms with Gasteiger partial charge in [0.2, 0.25) is 0 Å². The monoisotopic (exact) mass is 473 g/mol. The number of hydrogen-bond acceptors (Lipinski definition) is 4. The van der Waals surface area contributed by atoms with Crippen molar-refractivity contribution >= 4 is 45.4 Å². The average Bonchev–Trinajstić information content (AvgIpc) is 2.23. The van der Waals surface area contributed by atoms with Crippen LogP contribution in [-0.2, 0) is 0 Å². The van der Waals surface area contributed by atoms with E-state index in [0.29, 0.717) is 0 Å². The second-order valence-corrected chi connectivity index (χ2v) is 11.6. The van der Waals surface area contributed by atoms with Crippen molar-refractivity contribution < 1.29 is 21.2 Å². The molecular formula is C9H19I2N2S2-. The molecule has 0 aromatic heterocycles. The van der Waals surface area contributed by atoms with Crippen molar-refractivity contribution in [3.63, 3.8) is 0 Å². The molecule has 0 radical (unpaired) electrons. The molecule has 0 unspecified atom stereocenters. The van der Waals surface area contributed by atoms with Gasteiger partial charge in [-0.25, -0.2) is 0 Å². The van der Waals surface area contributed by atoms with E-state index in [9.17, 15) is 0 Å². The van der Waals surface area contributed by atoms with E-state index in [1.54, 1.807) is 0 Å². The molecule has 0 aliphatic rings. The number of allylic oxidation sites excluding steroid dienone is 3. The summed E-state index contributed by atoms with van der Waals surface area (Å²) in [5, 5.41) is 0. The zero-order valence-corrected chi connectivity index (χ0v) is 15.8. The molecule has 0 spiro atoms. The van der Waals surface area contributed by atoms with E-state index in [1.807, 2.05) is 0 Å². The first kappa shape index (κ1) is 16.2. The van der Waals surface area contributed by atoms with Gasteiger partial charge in [-0.3, -0.25) is 0 Å². The van der Waals surface area contributed by atoms with Crippen LogP contribution in [-0.4, -0.2) is 14.8 Å². The van der Waals surface area contributed by atoms with E-state index in [2.05, 4.69) is 63.7 Å². The number of alkyl halides is 3. The van der Waals surface area contributed by atoms with Crippen molar-refractivity contribution in [3.05, 3.63) is 18.6 Å². The molecule has 0 heterocycles. The topological polar surface area (TPSA) is 24.1 Å². The van der Waals surface area contributed by atoms with Gasteiger partial charge in [0, 0.05) is 0 Å². The van der Waals surface area contributed by atoms with Crippen LogP contribution >= 0.6 is 45.4 Å². The molecular weight excluding hydrogens is 454 g/mol. The Bertz CT molecular complexity index is 275. The third-order valence-corrected chi connectivity index (χ3v) is 8.69. The van der Waals surface area contributed by atoms with E-state index in [0.717, 1.165) is 5.70 Å². The van der Waals surface area contributed by atoms with Gasteiger partial charge in [0.15, 0.2) is 0 Å². The van der Waals surface area contributed by atoms with Gasteiger partial charge in [0.25, 0.3) is 0 Å². The van der Waals surface area contributed by atoms with Crippen molar-refractivity contribution in [2.75, 3.05) is 14.8 Å². The van der Waals surface area contributed by atoms with Crippen LogP contribution < -0.4 is 30.6 Å². The molecule has 15 heavy (non-hydrogen) atoms. The summed E-state index contributed by atoms with van der Waals surface area (Å²) in [6, 6.07) is 0. The summed E-state index contributed by atoms with van der Waals surface area (Å²) in [6.07, 6.45) is 0. The third kappa shape index (κ3) is 4.95. The first-order valence-electron chi connectivity index (χ1n) is 4.21. The van der Waals surface area contributed by atoms with Crippen LogP contribution in [0.1, 0.15) is 13.8 Å². The van der Waals surface area contributed by atoms with Crippen LogP contribution in [0.15, 0.2) is 18.6 Å². The van der Waals surface area contributed by atoms with Gasteiger partial charge in [-0.15, -0.1) is 0 Å². The van der Waals surface area contributed by atoms with Gasteiger partial charge in [-0.05, 0) is 0 Å². The molecule has 0 aliphatic carbocycles. The summed E-state index contributed by atoms with van der Waals surface area (Å²) in [6.45, 7) is 4.28. The Morgan fingerprint density at radius 3 is 1.93 bits per heavy atom. The van der Waals surface area contributed by atoms with Gasteiger partial charge in [-0.1, -0.05) is 0 Å². The first-order chi connectivity index (χ1) is 6.99. The number of halogens is 2. The fraction of sp³-hybridized carbons (Fsp3) is 0.556. The maximum absolute atomic E-state index is 4.22. The molecule has 0 bridgehead atoms. The Morgan fingerprint density at radius 2 is 1.67 bits per heavy atom. The Balaban J connectivity index is 5.37.